The Bertz CT molecular complexity index is 342. The van der Waals surface area contributed by atoms with E-state index in [1.54, 1.807) is 0 Å². The summed E-state index contributed by atoms with van der Waals surface area (Å²) in [5.74, 6) is 4.99. The topological polar surface area (TPSA) is 55.6 Å². The predicted octanol–water partition coefficient (Wildman–Crippen LogP) is 1.30. The van der Waals surface area contributed by atoms with Crippen LogP contribution < -0.4 is 5.84 Å². The number of nitrogens with two attached hydrogens (primary N) is 1. The lowest BCUT2D eigenvalue weighted by Crippen LogP contribution is -2.35. The second-order valence-electron chi connectivity index (χ2n) is 3.13. The van der Waals surface area contributed by atoms with Gasteiger partial charge in [0, 0.05) is 11.5 Å². The van der Waals surface area contributed by atoms with Crippen molar-refractivity contribution in [3.8, 4) is 0 Å². The molecule has 1 rings (SSSR count). The van der Waals surface area contributed by atoms with E-state index in [1.165, 1.54) is 7.05 Å². The molecule has 0 heterocycles. The Morgan fingerprint density at radius 1 is 1.60 bits per heavy atom. The molecule has 1 amide bonds. The third-order valence-electron chi connectivity index (χ3n) is 1.78. The summed E-state index contributed by atoms with van der Waals surface area (Å²) in [6.45, 7) is 0.401. The summed E-state index contributed by atoms with van der Waals surface area (Å²) in [5.41, 5.74) is 1.01. The van der Waals surface area contributed by atoms with E-state index in [1.807, 2.05) is 24.3 Å². The van der Waals surface area contributed by atoms with E-state index in [4.69, 9.17) is 10.6 Å². The number of carbonyl (C=O) groups excluding carboxylic acids is 1. The van der Waals surface area contributed by atoms with Crippen LogP contribution >= 0.6 is 15.9 Å². The largest absolute Gasteiger partial charge is 0.367 e. The molecular formula is C10H13BrN2O2. The normalized spacial score (nSPS) is 10.1. The van der Waals surface area contributed by atoms with E-state index in [0.29, 0.717) is 6.61 Å². The third-order valence-corrected chi connectivity index (χ3v) is 2.27. The first kappa shape index (κ1) is 12.2. The first-order chi connectivity index (χ1) is 7.09. The van der Waals surface area contributed by atoms with Gasteiger partial charge in [0.2, 0.25) is 0 Å². The Balaban J connectivity index is 2.35. The van der Waals surface area contributed by atoms with Crippen LogP contribution in [-0.4, -0.2) is 24.6 Å². The summed E-state index contributed by atoms with van der Waals surface area (Å²) in [5, 5.41) is 1.01. The lowest BCUT2D eigenvalue weighted by atomic mass is 10.2. The number of hydrogen-bond acceptors (Lipinski definition) is 3. The zero-order valence-corrected chi connectivity index (χ0v) is 10.0. The Morgan fingerprint density at radius 2 is 2.33 bits per heavy atom. The van der Waals surface area contributed by atoms with Crippen LogP contribution in [-0.2, 0) is 16.1 Å². The van der Waals surface area contributed by atoms with Gasteiger partial charge in [0.05, 0.1) is 6.61 Å². The molecule has 0 aromatic heterocycles. The highest BCUT2D eigenvalue weighted by Crippen LogP contribution is 2.12. The molecule has 0 aliphatic rings. The van der Waals surface area contributed by atoms with Gasteiger partial charge in [-0.05, 0) is 17.7 Å². The average molecular weight is 273 g/mol. The molecule has 0 unspecified atom stereocenters. The molecule has 0 atom stereocenters. The maximum Gasteiger partial charge on any atom is 0.262 e. The van der Waals surface area contributed by atoms with Gasteiger partial charge < -0.3 is 4.74 Å². The summed E-state index contributed by atoms with van der Waals surface area (Å²) in [7, 11) is 1.49. The van der Waals surface area contributed by atoms with Gasteiger partial charge in [0.15, 0.2) is 0 Å². The molecule has 2 N–H and O–H groups in total. The number of carbonyl (C=O) groups is 1. The van der Waals surface area contributed by atoms with Crippen LogP contribution in [0, 0.1) is 0 Å². The van der Waals surface area contributed by atoms with E-state index in [9.17, 15) is 4.79 Å². The molecule has 0 aliphatic carbocycles. The van der Waals surface area contributed by atoms with Crippen molar-refractivity contribution in [3.63, 3.8) is 0 Å². The molecule has 0 spiro atoms. The maximum atomic E-state index is 11.1. The number of amides is 1. The zero-order valence-electron chi connectivity index (χ0n) is 8.44. The molecule has 0 saturated heterocycles. The molecule has 5 heteroatoms. The highest BCUT2D eigenvalue weighted by molar-refractivity contribution is 9.10. The van der Waals surface area contributed by atoms with E-state index < -0.39 is 0 Å². The smallest absolute Gasteiger partial charge is 0.262 e. The van der Waals surface area contributed by atoms with Crippen molar-refractivity contribution in [1.82, 2.24) is 5.01 Å². The molecule has 1 aromatic rings. The number of halogens is 1. The number of nitrogens with zero attached hydrogens (tertiary/aromatic N) is 1. The Labute approximate surface area is 97.1 Å². The Hall–Kier alpha value is -0.910. The van der Waals surface area contributed by atoms with Gasteiger partial charge in [-0.25, -0.2) is 5.84 Å². The van der Waals surface area contributed by atoms with E-state index in [-0.39, 0.29) is 12.5 Å². The summed E-state index contributed by atoms with van der Waals surface area (Å²) in [6.07, 6.45) is 0. The molecule has 4 nitrogen and oxygen atoms in total. The van der Waals surface area contributed by atoms with Crippen molar-refractivity contribution in [2.75, 3.05) is 13.7 Å². The molecular weight excluding hydrogens is 260 g/mol. The second kappa shape index (κ2) is 5.85. The first-order valence-corrected chi connectivity index (χ1v) is 5.22. The molecule has 0 fully saturated rings. The molecule has 0 aliphatic heterocycles. The quantitative estimate of drug-likeness (QED) is 0.511. The van der Waals surface area contributed by atoms with Gasteiger partial charge in [-0.3, -0.25) is 9.80 Å². The lowest BCUT2D eigenvalue weighted by molar-refractivity contribution is -0.135. The summed E-state index contributed by atoms with van der Waals surface area (Å²) in [6, 6.07) is 7.72. The Morgan fingerprint density at radius 3 is 2.93 bits per heavy atom. The van der Waals surface area contributed by atoms with Crippen molar-refractivity contribution in [3.05, 3.63) is 34.3 Å². The standard InChI is InChI=1S/C10H13BrN2O2/c1-13(12)10(14)7-15-6-8-3-2-4-9(11)5-8/h2-5H,6-7,12H2,1H3. The van der Waals surface area contributed by atoms with Crippen molar-refractivity contribution in [2.45, 2.75) is 6.61 Å². The fourth-order valence-corrected chi connectivity index (χ4v) is 1.43. The molecule has 0 saturated carbocycles. The second-order valence-corrected chi connectivity index (χ2v) is 4.04. The molecule has 1 aromatic carbocycles. The van der Waals surface area contributed by atoms with Gasteiger partial charge in [0.1, 0.15) is 6.61 Å². The number of hydrogen-bond donors (Lipinski definition) is 1. The van der Waals surface area contributed by atoms with Crippen molar-refractivity contribution < 1.29 is 9.53 Å². The first-order valence-electron chi connectivity index (χ1n) is 4.43. The molecule has 0 radical (unpaired) electrons. The number of ether oxygens (including phenoxy) is 1. The van der Waals surface area contributed by atoms with Crippen LogP contribution in [0.25, 0.3) is 0 Å². The van der Waals surface area contributed by atoms with Gasteiger partial charge >= 0.3 is 0 Å². The predicted molar refractivity (Wildman–Crippen MR) is 60.8 cm³/mol. The van der Waals surface area contributed by atoms with Gasteiger partial charge in [0.25, 0.3) is 5.91 Å². The zero-order chi connectivity index (χ0) is 11.3. The third kappa shape index (κ3) is 4.42. The Kier molecular flexibility index (Phi) is 4.74. The minimum absolute atomic E-state index is 0.000483. The lowest BCUT2D eigenvalue weighted by Gasteiger charge is -2.10. The van der Waals surface area contributed by atoms with E-state index in [0.717, 1.165) is 15.0 Å². The highest BCUT2D eigenvalue weighted by atomic mass is 79.9. The maximum absolute atomic E-state index is 11.1. The van der Waals surface area contributed by atoms with Crippen LogP contribution in [0.1, 0.15) is 5.56 Å². The summed E-state index contributed by atoms with van der Waals surface area (Å²) < 4.78 is 6.20. The number of benzene rings is 1. The van der Waals surface area contributed by atoms with E-state index >= 15 is 0 Å². The molecule has 82 valence electrons. The van der Waals surface area contributed by atoms with Crippen LogP contribution in [0.2, 0.25) is 0 Å². The molecule has 15 heavy (non-hydrogen) atoms. The fraction of sp³-hybridized carbons (Fsp3) is 0.300. The van der Waals surface area contributed by atoms with Gasteiger partial charge in [-0.2, -0.15) is 0 Å². The van der Waals surface area contributed by atoms with Crippen molar-refractivity contribution in [2.24, 2.45) is 5.84 Å². The van der Waals surface area contributed by atoms with E-state index in [2.05, 4.69) is 15.9 Å². The summed E-state index contributed by atoms with van der Waals surface area (Å²) >= 11 is 3.36. The van der Waals surface area contributed by atoms with Crippen molar-refractivity contribution in [1.29, 1.82) is 0 Å². The number of rotatable bonds is 4. The van der Waals surface area contributed by atoms with Gasteiger partial charge in [-0.15, -0.1) is 0 Å². The summed E-state index contributed by atoms with van der Waals surface area (Å²) in [4.78, 5) is 11.1. The van der Waals surface area contributed by atoms with Crippen LogP contribution in [0.3, 0.4) is 0 Å². The number of hydrazine groups is 1. The van der Waals surface area contributed by atoms with Crippen LogP contribution in [0.4, 0.5) is 0 Å². The fourth-order valence-electron chi connectivity index (χ4n) is 0.985. The highest BCUT2D eigenvalue weighted by Gasteiger charge is 2.04. The average Bonchev–Trinajstić information content (AvgIpc) is 2.17. The minimum Gasteiger partial charge on any atom is -0.367 e. The van der Waals surface area contributed by atoms with Crippen LogP contribution in [0.5, 0.6) is 0 Å². The van der Waals surface area contributed by atoms with Gasteiger partial charge in [-0.1, -0.05) is 28.1 Å². The SMILES string of the molecule is CN(N)C(=O)COCc1cccc(Br)c1. The monoisotopic (exact) mass is 272 g/mol. The molecule has 0 bridgehead atoms. The van der Waals surface area contributed by atoms with Crippen molar-refractivity contribution >= 4 is 21.8 Å². The van der Waals surface area contributed by atoms with Crippen LogP contribution in [0.15, 0.2) is 28.7 Å². The number of likely N-dealkylation sites (N-methyl/N-ethyl adjacent to an activating group) is 1. The minimum atomic E-state index is -0.245.